The lowest BCUT2D eigenvalue weighted by Crippen LogP contribution is -2.65. The second-order valence-corrected chi connectivity index (χ2v) is 16.8. The fourth-order valence-corrected chi connectivity index (χ4v) is 7.21. The van der Waals surface area contributed by atoms with Crippen LogP contribution in [0.4, 0.5) is 0 Å². The predicted octanol–water partition coefficient (Wildman–Crippen LogP) is 6.19. The Morgan fingerprint density at radius 2 is 1.76 bits per heavy atom. The SMILES string of the molecule is CC1=C(OCc2ccccc2)C(=O)C2(O1)[C@H](O[Si](C)(C)C(C)(C)C)CC[C@@H]1[C@@H](C)CC(=O)C[C@@H]12. The standard InChI is InChI=1S/C28H40O5Si/c1-18-15-21(29)16-23-22(18)13-14-24(33-34(6,7)27(3,4)5)28(23)26(30)25(19(2)32-28)31-17-20-11-9-8-10-12-20/h8-12,18,22-24H,13-17H2,1-7H3/t18-,22+,23-,24+,28?/m0/s1. The molecular weight excluding hydrogens is 444 g/mol. The molecule has 3 aliphatic rings. The molecule has 1 aliphatic heterocycles. The zero-order valence-corrected chi connectivity index (χ0v) is 22.8. The summed E-state index contributed by atoms with van der Waals surface area (Å²) in [6, 6.07) is 9.83. The molecule has 186 valence electrons. The molecule has 1 aromatic carbocycles. The van der Waals surface area contributed by atoms with E-state index >= 15 is 0 Å². The van der Waals surface area contributed by atoms with Gasteiger partial charge >= 0.3 is 0 Å². The molecular formula is C28H40O5Si. The van der Waals surface area contributed by atoms with Crippen molar-refractivity contribution in [1.29, 1.82) is 0 Å². The molecule has 5 atom stereocenters. The van der Waals surface area contributed by atoms with Crippen LogP contribution in [-0.4, -0.2) is 31.6 Å². The minimum Gasteiger partial charge on any atom is -0.482 e. The molecule has 2 aliphatic carbocycles. The molecule has 0 aromatic heterocycles. The third-order valence-corrected chi connectivity index (χ3v) is 13.2. The molecule has 1 heterocycles. The number of hydrogen-bond donors (Lipinski definition) is 0. The highest BCUT2D eigenvalue weighted by molar-refractivity contribution is 6.74. The molecule has 2 saturated carbocycles. The summed E-state index contributed by atoms with van der Waals surface area (Å²) in [6.45, 7) is 15.3. The molecule has 0 bridgehead atoms. The summed E-state index contributed by atoms with van der Waals surface area (Å²) in [5, 5.41) is -0.00250. The summed E-state index contributed by atoms with van der Waals surface area (Å²) in [4.78, 5) is 27.0. The first-order valence-corrected chi connectivity index (χ1v) is 15.6. The Morgan fingerprint density at radius 1 is 1.09 bits per heavy atom. The Hall–Kier alpha value is -1.92. The van der Waals surface area contributed by atoms with Gasteiger partial charge in [0.15, 0.2) is 8.32 Å². The van der Waals surface area contributed by atoms with Crippen LogP contribution in [0.3, 0.4) is 0 Å². The van der Waals surface area contributed by atoms with Gasteiger partial charge in [0.25, 0.3) is 0 Å². The molecule has 0 amide bonds. The molecule has 1 aromatic rings. The van der Waals surface area contributed by atoms with Gasteiger partial charge in [0.05, 0.1) is 6.10 Å². The minimum absolute atomic E-state index is 0.00250. The molecule has 0 N–H and O–H groups in total. The van der Waals surface area contributed by atoms with Gasteiger partial charge in [-0.25, -0.2) is 0 Å². The zero-order valence-electron chi connectivity index (χ0n) is 21.8. The third-order valence-electron chi connectivity index (χ3n) is 8.71. The van der Waals surface area contributed by atoms with E-state index < -0.39 is 13.9 Å². The van der Waals surface area contributed by atoms with Crippen LogP contribution in [0.15, 0.2) is 41.9 Å². The van der Waals surface area contributed by atoms with Crippen LogP contribution in [0.2, 0.25) is 18.1 Å². The second kappa shape index (κ2) is 8.94. The number of hydrogen-bond acceptors (Lipinski definition) is 5. The summed E-state index contributed by atoms with van der Waals surface area (Å²) in [5.74, 6) is 1.20. The fraction of sp³-hybridized carbons (Fsp3) is 0.643. The maximum Gasteiger partial charge on any atom is 0.247 e. The van der Waals surface area contributed by atoms with Crippen molar-refractivity contribution in [2.24, 2.45) is 17.8 Å². The average Bonchev–Trinajstić information content (AvgIpc) is 2.99. The maximum atomic E-state index is 14.2. The number of ether oxygens (including phenoxy) is 2. The van der Waals surface area contributed by atoms with E-state index in [4.69, 9.17) is 13.9 Å². The van der Waals surface area contributed by atoms with E-state index in [1.807, 2.05) is 37.3 Å². The van der Waals surface area contributed by atoms with E-state index in [0.29, 0.717) is 31.0 Å². The van der Waals surface area contributed by atoms with Crippen molar-refractivity contribution in [3.8, 4) is 0 Å². The van der Waals surface area contributed by atoms with Gasteiger partial charge in [-0.05, 0) is 55.3 Å². The molecule has 2 fully saturated rings. The quantitative estimate of drug-likeness (QED) is 0.467. The lowest BCUT2D eigenvalue weighted by atomic mass is 9.57. The highest BCUT2D eigenvalue weighted by atomic mass is 28.4. The van der Waals surface area contributed by atoms with E-state index in [1.54, 1.807) is 0 Å². The largest absolute Gasteiger partial charge is 0.482 e. The first-order valence-electron chi connectivity index (χ1n) is 12.7. The highest BCUT2D eigenvalue weighted by Crippen LogP contribution is 2.55. The molecule has 0 saturated heterocycles. The summed E-state index contributed by atoms with van der Waals surface area (Å²) >= 11 is 0. The Kier molecular flexibility index (Phi) is 6.62. The van der Waals surface area contributed by atoms with Crippen LogP contribution in [0.25, 0.3) is 0 Å². The lowest BCUT2D eigenvalue weighted by Gasteiger charge is -2.54. The van der Waals surface area contributed by atoms with Gasteiger partial charge < -0.3 is 13.9 Å². The van der Waals surface area contributed by atoms with Crippen LogP contribution >= 0.6 is 0 Å². The van der Waals surface area contributed by atoms with Gasteiger partial charge in [0.1, 0.15) is 18.1 Å². The Morgan fingerprint density at radius 3 is 2.41 bits per heavy atom. The van der Waals surface area contributed by atoms with E-state index in [9.17, 15) is 9.59 Å². The molecule has 4 rings (SSSR count). The maximum absolute atomic E-state index is 14.2. The third kappa shape index (κ3) is 4.28. The monoisotopic (exact) mass is 484 g/mol. The zero-order chi connectivity index (χ0) is 24.9. The van der Waals surface area contributed by atoms with E-state index in [2.05, 4.69) is 40.8 Å². The minimum atomic E-state index is -2.20. The number of benzene rings is 1. The van der Waals surface area contributed by atoms with Crippen molar-refractivity contribution in [2.75, 3.05) is 0 Å². The van der Waals surface area contributed by atoms with Gasteiger partial charge in [-0.1, -0.05) is 58.0 Å². The molecule has 5 nitrogen and oxygen atoms in total. The van der Waals surface area contributed by atoms with Crippen LogP contribution < -0.4 is 0 Å². The number of rotatable bonds is 5. The molecule has 1 unspecified atom stereocenters. The van der Waals surface area contributed by atoms with Gasteiger partial charge in [0.2, 0.25) is 17.1 Å². The Bertz CT molecular complexity index is 976. The van der Waals surface area contributed by atoms with Crippen LogP contribution in [0.1, 0.15) is 65.9 Å². The topological polar surface area (TPSA) is 61.8 Å². The number of allylic oxidation sites excluding steroid dienone is 1. The lowest BCUT2D eigenvalue weighted by molar-refractivity contribution is -0.179. The van der Waals surface area contributed by atoms with Crippen LogP contribution in [-0.2, 0) is 30.1 Å². The number of fused-ring (bicyclic) bond motifs is 2. The number of carbonyl (C=O) groups is 2. The van der Waals surface area contributed by atoms with E-state index in [1.165, 1.54) is 0 Å². The second-order valence-electron chi connectivity index (χ2n) is 12.0. The van der Waals surface area contributed by atoms with Crippen molar-refractivity contribution < 1.29 is 23.5 Å². The Labute approximate surface area is 205 Å². The normalized spacial score (nSPS) is 32.1. The van der Waals surface area contributed by atoms with Gasteiger partial charge in [-0.3, -0.25) is 9.59 Å². The summed E-state index contributed by atoms with van der Waals surface area (Å²) < 4.78 is 19.6. The van der Waals surface area contributed by atoms with Crippen molar-refractivity contribution in [1.82, 2.24) is 0 Å². The van der Waals surface area contributed by atoms with Gasteiger partial charge in [-0.2, -0.15) is 0 Å². The first kappa shape index (κ1) is 25.2. The molecule has 6 heteroatoms. The van der Waals surface area contributed by atoms with Crippen molar-refractivity contribution in [2.45, 2.75) is 96.7 Å². The van der Waals surface area contributed by atoms with E-state index in [-0.39, 0.29) is 40.5 Å². The van der Waals surface area contributed by atoms with E-state index in [0.717, 1.165) is 18.4 Å². The number of ketones is 2. The summed E-state index contributed by atoms with van der Waals surface area (Å²) in [6.07, 6.45) is 2.29. The van der Waals surface area contributed by atoms with Crippen LogP contribution in [0.5, 0.6) is 0 Å². The fourth-order valence-electron chi connectivity index (χ4n) is 5.85. The Balaban J connectivity index is 1.69. The molecule has 34 heavy (non-hydrogen) atoms. The summed E-state index contributed by atoms with van der Waals surface area (Å²) in [7, 11) is -2.20. The highest BCUT2D eigenvalue weighted by Gasteiger charge is 2.66. The van der Waals surface area contributed by atoms with Crippen LogP contribution in [0, 0.1) is 17.8 Å². The van der Waals surface area contributed by atoms with Crippen molar-refractivity contribution in [3.05, 3.63) is 47.4 Å². The molecule has 0 radical (unpaired) electrons. The average molecular weight is 485 g/mol. The number of Topliss-reactive ketones (excluding diaryl/α,β-unsaturated/α-hetero) is 2. The smallest absolute Gasteiger partial charge is 0.247 e. The summed E-state index contributed by atoms with van der Waals surface area (Å²) in [5.41, 5.74) is -0.188. The number of carbonyl (C=O) groups excluding carboxylic acids is 2. The predicted molar refractivity (Wildman–Crippen MR) is 134 cm³/mol. The van der Waals surface area contributed by atoms with Crippen molar-refractivity contribution in [3.63, 3.8) is 0 Å². The van der Waals surface area contributed by atoms with Gasteiger partial charge in [-0.15, -0.1) is 0 Å². The first-order chi connectivity index (χ1) is 15.9. The molecule has 1 spiro atoms. The van der Waals surface area contributed by atoms with Gasteiger partial charge in [0, 0.05) is 18.8 Å². The van der Waals surface area contributed by atoms with Crippen molar-refractivity contribution >= 4 is 19.9 Å².